The first kappa shape index (κ1) is 13.0. The van der Waals surface area contributed by atoms with Crippen LogP contribution in [0.5, 0.6) is 5.88 Å². The van der Waals surface area contributed by atoms with Crippen LogP contribution in [0.1, 0.15) is 32.1 Å². The van der Waals surface area contributed by atoms with Crippen molar-refractivity contribution in [1.82, 2.24) is 25.4 Å². The van der Waals surface area contributed by atoms with E-state index < -0.39 is 0 Å². The van der Waals surface area contributed by atoms with Crippen LogP contribution in [0.25, 0.3) is 11.5 Å². The summed E-state index contributed by atoms with van der Waals surface area (Å²) in [4.78, 5) is 12.6. The molecule has 106 valence electrons. The van der Waals surface area contributed by atoms with Gasteiger partial charge in [0, 0.05) is 6.07 Å². The van der Waals surface area contributed by atoms with Crippen LogP contribution in [0.3, 0.4) is 0 Å². The van der Waals surface area contributed by atoms with Gasteiger partial charge in [0.1, 0.15) is 12.0 Å². The van der Waals surface area contributed by atoms with Crippen molar-refractivity contribution < 1.29 is 9.26 Å². The van der Waals surface area contributed by atoms with Gasteiger partial charge in [-0.05, 0) is 25.8 Å². The molecule has 0 amide bonds. The van der Waals surface area contributed by atoms with Crippen LogP contribution >= 0.6 is 0 Å². The van der Waals surface area contributed by atoms with Gasteiger partial charge in [0.05, 0.1) is 12.6 Å². The highest BCUT2D eigenvalue weighted by molar-refractivity contribution is 5.49. The Hall–Kier alpha value is -2.02. The fourth-order valence-electron chi connectivity index (χ4n) is 2.54. The zero-order valence-electron chi connectivity index (χ0n) is 11.6. The highest BCUT2D eigenvalue weighted by Crippen LogP contribution is 2.33. The molecule has 3 rings (SSSR count). The summed E-state index contributed by atoms with van der Waals surface area (Å²) in [6.07, 6.45) is 4.47. The minimum Gasteiger partial charge on any atom is -0.481 e. The van der Waals surface area contributed by atoms with Crippen molar-refractivity contribution >= 4 is 0 Å². The van der Waals surface area contributed by atoms with E-state index in [1.54, 1.807) is 13.2 Å². The monoisotopic (exact) mass is 275 g/mol. The first-order chi connectivity index (χ1) is 9.77. The molecule has 0 bridgehead atoms. The predicted octanol–water partition coefficient (Wildman–Crippen LogP) is 1.52. The summed E-state index contributed by atoms with van der Waals surface area (Å²) in [5.41, 5.74) is 0.402. The average Bonchev–Trinajstić information content (AvgIpc) is 3.17. The third-order valence-corrected chi connectivity index (χ3v) is 3.76. The topological polar surface area (TPSA) is 86.0 Å². The Kier molecular flexibility index (Phi) is 3.35. The molecule has 0 radical (unpaired) electrons. The van der Waals surface area contributed by atoms with Crippen LogP contribution in [-0.2, 0) is 5.54 Å². The first-order valence-electron chi connectivity index (χ1n) is 6.73. The lowest BCUT2D eigenvalue weighted by atomic mass is 9.94. The van der Waals surface area contributed by atoms with Gasteiger partial charge in [0.25, 0.3) is 0 Å². The molecular formula is C13H17N5O2. The number of hydrogen-bond donors (Lipinski definition) is 1. The van der Waals surface area contributed by atoms with Crippen LogP contribution in [0.4, 0.5) is 0 Å². The van der Waals surface area contributed by atoms with Gasteiger partial charge in [0.2, 0.25) is 17.6 Å². The molecule has 1 N–H and O–H groups in total. The van der Waals surface area contributed by atoms with Gasteiger partial charge in [-0.25, -0.2) is 9.97 Å². The zero-order chi connectivity index (χ0) is 14.0. The summed E-state index contributed by atoms with van der Waals surface area (Å²) in [6.45, 7) is 3.10. The molecule has 1 atom stereocenters. The standard InChI is InChI=1S/C13H17N5O2/c1-3-13(5-4-6-16-13)12-17-11(18-20-12)9-7-10(19-2)15-8-14-9/h7-8,16H,3-6H2,1-2H3. The quantitative estimate of drug-likeness (QED) is 0.905. The second-order valence-corrected chi connectivity index (χ2v) is 4.83. The van der Waals surface area contributed by atoms with Gasteiger partial charge >= 0.3 is 0 Å². The molecule has 0 aromatic carbocycles. The number of hydrogen-bond acceptors (Lipinski definition) is 7. The smallest absolute Gasteiger partial charge is 0.247 e. The first-order valence-corrected chi connectivity index (χ1v) is 6.73. The largest absolute Gasteiger partial charge is 0.481 e. The van der Waals surface area contributed by atoms with Crippen molar-refractivity contribution in [3.63, 3.8) is 0 Å². The Morgan fingerprint density at radius 1 is 1.45 bits per heavy atom. The van der Waals surface area contributed by atoms with E-state index in [0.717, 1.165) is 25.8 Å². The van der Waals surface area contributed by atoms with Crippen molar-refractivity contribution in [2.45, 2.75) is 31.7 Å². The molecule has 0 saturated carbocycles. The Morgan fingerprint density at radius 3 is 3.05 bits per heavy atom. The van der Waals surface area contributed by atoms with Crippen LogP contribution in [-0.4, -0.2) is 33.8 Å². The molecule has 3 heterocycles. The van der Waals surface area contributed by atoms with Crippen LogP contribution in [0.15, 0.2) is 16.9 Å². The highest BCUT2D eigenvalue weighted by Gasteiger charge is 2.39. The van der Waals surface area contributed by atoms with E-state index in [2.05, 4.69) is 32.3 Å². The van der Waals surface area contributed by atoms with Crippen molar-refractivity contribution in [3.8, 4) is 17.4 Å². The van der Waals surface area contributed by atoms with E-state index in [4.69, 9.17) is 9.26 Å². The van der Waals surface area contributed by atoms with Crippen LogP contribution < -0.4 is 10.1 Å². The van der Waals surface area contributed by atoms with Crippen molar-refractivity contribution in [3.05, 3.63) is 18.3 Å². The minimum atomic E-state index is -0.192. The SMILES string of the molecule is CCC1(c2nc(-c3cc(OC)ncn3)no2)CCCN1. The summed E-state index contributed by atoms with van der Waals surface area (Å²) in [5.74, 6) is 1.57. The molecule has 1 unspecified atom stereocenters. The third-order valence-electron chi connectivity index (χ3n) is 3.76. The van der Waals surface area contributed by atoms with E-state index in [0.29, 0.717) is 23.3 Å². The van der Waals surface area contributed by atoms with E-state index >= 15 is 0 Å². The predicted molar refractivity (Wildman–Crippen MR) is 71.1 cm³/mol. The highest BCUT2D eigenvalue weighted by atomic mass is 16.5. The number of nitrogens with zero attached hydrogens (tertiary/aromatic N) is 4. The number of ether oxygens (including phenoxy) is 1. The Labute approximate surface area is 116 Å². The Balaban J connectivity index is 1.93. The van der Waals surface area contributed by atoms with Crippen LogP contribution in [0, 0.1) is 0 Å². The molecule has 1 fully saturated rings. The maximum Gasteiger partial charge on any atom is 0.247 e. The van der Waals surface area contributed by atoms with Gasteiger partial charge in [-0.15, -0.1) is 0 Å². The molecule has 7 heteroatoms. The van der Waals surface area contributed by atoms with E-state index in [-0.39, 0.29) is 5.54 Å². The lowest BCUT2D eigenvalue weighted by molar-refractivity contribution is 0.250. The lowest BCUT2D eigenvalue weighted by Crippen LogP contribution is -2.36. The van der Waals surface area contributed by atoms with E-state index in [1.165, 1.54) is 6.33 Å². The molecule has 0 aliphatic carbocycles. The Morgan fingerprint density at radius 2 is 2.35 bits per heavy atom. The number of methoxy groups -OCH3 is 1. The van der Waals surface area contributed by atoms with Crippen molar-refractivity contribution in [2.75, 3.05) is 13.7 Å². The fraction of sp³-hybridized carbons (Fsp3) is 0.538. The van der Waals surface area contributed by atoms with E-state index in [9.17, 15) is 0 Å². The van der Waals surface area contributed by atoms with Gasteiger partial charge in [-0.3, -0.25) is 0 Å². The Bertz CT molecular complexity index is 592. The lowest BCUT2D eigenvalue weighted by Gasteiger charge is -2.22. The number of nitrogens with one attached hydrogen (secondary N) is 1. The number of rotatable bonds is 4. The maximum absolute atomic E-state index is 5.45. The second-order valence-electron chi connectivity index (χ2n) is 4.83. The molecular weight excluding hydrogens is 258 g/mol. The van der Waals surface area contributed by atoms with Crippen molar-refractivity contribution in [1.29, 1.82) is 0 Å². The summed E-state index contributed by atoms with van der Waals surface area (Å²) < 4.78 is 10.5. The molecule has 1 aliphatic heterocycles. The van der Waals surface area contributed by atoms with Gasteiger partial charge in [0.15, 0.2) is 0 Å². The summed E-state index contributed by atoms with van der Waals surface area (Å²) in [6, 6.07) is 1.69. The van der Waals surface area contributed by atoms with Crippen LogP contribution in [0.2, 0.25) is 0 Å². The molecule has 0 spiro atoms. The molecule has 2 aromatic rings. The van der Waals surface area contributed by atoms with Gasteiger partial charge < -0.3 is 14.6 Å². The summed E-state index contributed by atoms with van der Waals surface area (Å²) in [7, 11) is 1.56. The third kappa shape index (κ3) is 2.14. The van der Waals surface area contributed by atoms with E-state index in [1.807, 2.05) is 0 Å². The minimum absolute atomic E-state index is 0.192. The fourth-order valence-corrected chi connectivity index (χ4v) is 2.54. The maximum atomic E-state index is 5.45. The number of aromatic nitrogens is 4. The summed E-state index contributed by atoms with van der Waals surface area (Å²) >= 11 is 0. The second kappa shape index (κ2) is 5.16. The average molecular weight is 275 g/mol. The van der Waals surface area contributed by atoms with Gasteiger partial charge in [-0.2, -0.15) is 4.98 Å². The normalized spacial score (nSPS) is 22.1. The van der Waals surface area contributed by atoms with Crippen molar-refractivity contribution in [2.24, 2.45) is 0 Å². The molecule has 1 aliphatic rings. The summed E-state index contributed by atoms with van der Waals surface area (Å²) in [5, 5.41) is 7.50. The zero-order valence-corrected chi connectivity index (χ0v) is 11.6. The molecule has 20 heavy (non-hydrogen) atoms. The molecule has 1 saturated heterocycles. The molecule has 7 nitrogen and oxygen atoms in total. The molecule has 2 aromatic heterocycles. The van der Waals surface area contributed by atoms with Gasteiger partial charge in [-0.1, -0.05) is 12.1 Å².